The van der Waals surface area contributed by atoms with Crippen LogP contribution in [0, 0.1) is 0 Å². The number of hydrogen-bond acceptors (Lipinski definition) is 6. The zero-order chi connectivity index (χ0) is 13.9. The van der Waals surface area contributed by atoms with Crippen molar-refractivity contribution in [3.8, 4) is 5.75 Å². The number of hydrogen-bond donors (Lipinski definition) is 3. The van der Waals surface area contributed by atoms with Gasteiger partial charge in [0.2, 0.25) is 0 Å². The molecule has 1 aromatic carbocycles. The number of rotatable bonds is 5. The Morgan fingerprint density at radius 2 is 2.21 bits per heavy atom. The molecule has 0 radical (unpaired) electrons. The molecule has 0 amide bonds. The zero-order valence-corrected chi connectivity index (χ0v) is 13.4. The fraction of sp³-hybridized carbons (Fsp3) is 0.462. The molecular weight excluding hydrogens is 296 g/mol. The summed E-state index contributed by atoms with van der Waals surface area (Å²) in [5, 5.41) is 10.7. The van der Waals surface area contributed by atoms with Gasteiger partial charge in [0.15, 0.2) is 0 Å². The average molecular weight is 315 g/mol. The van der Waals surface area contributed by atoms with Gasteiger partial charge in [-0.25, -0.2) is 0 Å². The molecule has 0 aromatic heterocycles. The van der Waals surface area contributed by atoms with E-state index in [1.54, 1.807) is 17.8 Å². The van der Waals surface area contributed by atoms with Crippen LogP contribution < -0.4 is 0 Å². The van der Waals surface area contributed by atoms with Gasteiger partial charge in [-0.15, -0.1) is 24.4 Å². The SMILES string of the molecule is CN(CCS)CC1(S)CSC(c2ccccc2O)=N1. The van der Waals surface area contributed by atoms with Crippen molar-refractivity contribution >= 4 is 42.1 Å². The minimum Gasteiger partial charge on any atom is -0.507 e. The van der Waals surface area contributed by atoms with Gasteiger partial charge in [-0.05, 0) is 19.2 Å². The lowest BCUT2D eigenvalue weighted by molar-refractivity contribution is 0.328. The third kappa shape index (κ3) is 3.84. The lowest BCUT2D eigenvalue weighted by atomic mass is 10.2. The minimum absolute atomic E-state index is 0.273. The van der Waals surface area contributed by atoms with Gasteiger partial charge in [-0.1, -0.05) is 12.1 Å². The van der Waals surface area contributed by atoms with Crippen molar-refractivity contribution in [1.29, 1.82) is 0 Å². The topological polar surface area (TPSA) is 35.8 Å². The fourth-order valence-electron chi connectivity index (χ4n) is 1.99. The molecule has 1 aliphatic heterocycles. The molecule has 1 N–H and O–H groups in total. The van der Waals surface area contributed by atoms with E-state index < -0.39 is 0 Å². The molecule has 1 atom stereocenters. The highest BCUT2D eigenvalue weighted by Crippen LogP contribution is 2.36. The Morgan fingerprint density at radius 1 is 1.47 bits per heavy atom. The second-order valence-electron chi connectivity index (χ2n) is 4.67. The average Bonchev–Trinajstić information content (AvgIpc) is 2.72. The Bertz CT molecular complexity index is 481. The third-order valence-corrected chi connectivity index (χ3v) is 4.91. The standard InChI is InChI=1S/C13H18N2OS3/c1-15(6-7-17)8-13(18)9-19-12(14-13)10-4-2-3-5-11(10)16/h2-5,16-18H,6-9H2,1H3. The molecule has 0 saturated carbocycles. The number of aromatic hydroxyl groups is 1. The summed E-state index contributed by atoms with van der Waals surface area (Å²) in [4.78, 5) is 6.48. The lowest BCUT2D eigenvalue weighted by Crippen LogP contribution is -2.37. The van der Waals surface area contributed by atoms with Crippen molar-refractivity contribution in [2.75, 3.05) is 31.6 Å². The monoisotopic (exact) mass is 314 g/mol. The van der Waals surface area contributed by atoms with Gasteiger partial charge in [0.05, 0.1) is 0 Å². The van der Waals surface area contributed by atoms with E-state index in [1.807, 2.05) is 25.2 Å². The number of aliphatic imine (C=N–C) groups is 1. The van der Waals surface area contributed by atoms with Gasteiger partial charge in [-0.3, -0.25) is 4.99 Å². The van der Waals surface area contributed by atoms with Crippen LogP contribution in [0.1, 0.15) is 5.56 Å². The number of para-hydroxylation sites is 1. The van der Waals surface area contributed by atoms with Crippen molar-refractivity contribution in [2.24, 2.45) is 4.99 Å². The van der Waals surface area contributed by atoms with E-state index in [-0.39, 0.29) is 10.6 Å². The van der Waals surface area contributed by atoms with Crippen LogP contribution >= 0.6 is 37.0 Å². The van der Waals surface area contributed by atoms with Crippen LogP contribution in [-0.4, -0.2) is 51.6 Å². The molecule has 2 rings (SSSR count). The van der Waals surface area contributed by atoms with E-state index in [1.165, 1.54) is 0 Å². The number of benzene rings is 1. The molecular formula is C13H18N2OS3. The Labute approximate surface area is 129 Å². The molecule has 0 aliphatic carbocycles. The largest absolute Gasteiger partial charge is 0.507 e. The zero-order valence-electron chi connectivity index (χ0n) is 10.8. The second kappa shape index (κ2) is 6.43. The Kier molecular flexibility index (Phi) is 5.11. The van der Waals surface area contributed by atoms with Gasteiger partial charge in [-0.2, -0.15) is 12.6 Å². The Morgan fingerprint density at radius 3 is 2.89 bits per heavy atom. The Hall–Kier alpha value is -0.300. The molecule has 6 heteroatoms. The molecule has 0 saturated heterocycles. The molecule has 19 heavy (non-hydrogen) atoms. The van der Waals surface area contributed by atoms with Crippen molar-refractivity contribution < 1.29 is 5.11 Å². The van der Waals surface area contributed by atoms with E-state index in [4.69, 9.17) is 17.6 Å². The maximum Gasteiger partial charge on any atom is 0.126 e. The highest BCUT2D eigenvalue weighted by molar-refractivity contribution is 8.15. The van der Waals surface area contributed by atoms with Crippen LogP contribution in [0.2, 0.25) is 0 Å². The highest BCUT2D eigenvalue weighted by atomic mass is 32.2. The van der Waals surface area contributed by atoms with E-state index in [0.29, 0.717) is 0 Å². The van der Waals surface area contributed by atoms with E-state index >= 15 is 0 Å². The van der Waals surface area contributed by atoms with Gasteiger partial charge >= 0.3 is 0 Å². The van der Waals surface area contributed by atoms with Crippen LogP contribution in [0.5, 0.6) is 5.75 Å². The summed E-state index contributed by atoms with van der Waals surface area (Å²) in [6.45, 7) is 1.69. The number of phenols is 1. The normalized spacial score (nSPS) is 22.8. The molecule has 1 aliphatic rings. The maximum atomic E-state index is 9.87. The van der Waals surface area contributed by atoms with Crippen LogP contribution in [0.3, 0.4) is 0 Å². The predicted molar refractivity (Wildman–Crippen MR) is 90.2 cm³/mol. The molecule has 1 unspecified atom stereocenters. The van der Waals surface area contributed by atoms with Crippen LogP contribution in [-0.2, 0) is 0 Å². The van der Waals surface area contributed by atoms with Crippen molar-refractivity contribution in [3.05, 3.63) is 29.8 Å². The minimum atomic E-state index is -0.389. The molecule has 3 nitrogen and oxygen atoms in total. The van der Waals surface area contributed by atoms with Crippen molar-refractivity contribution in [1.82, 2.24) is 4.90 Å². The summed E-state index contributed by atoms with van der Waals surface area (Å²) in [6, 6.07) is 7.29. The van der Waals surface area contributed by atoms with Crippen molar-refractivity contribution in [3.63, 3.8) is 0 Å². The summed E-state index contributed by atoms with van der Waals surface area (Å²) in [7, 11) is 2.05. The van der Waals surface area contributed by atoms with Gasteiger partial charge in [0.25, 0.3) is 0 Å². The van der Waals surface area contributed by atoms with Gasteiger partial charge in [0, 0.05) is 30.2 Å². The van der Waals surface area contributed by atoms with Crippen LogP contribution in [0.15, 0.2) is 29.3 Å². The molecule has 1 aromatic rings. The first-order valence-electron chi connectivity index (χ1n) is 6.07. The summed E-state index contributed by atoms with van der Waals surface area (Å²) in [6.07, 6.45) is 0. The quantitative estimate of drug-likeness (QED) is 0.730. The second-order valence-corrected chi connectivity index (χ2v) is 6.91. The number of thiol groups is 2. The lowest BCUT2D eigenvalue weighted by Gasteiger charge is -2.25. The number of likely N-dealkylation sites (N-methyl/N-ethyl adjacent to an activating group) is 1. The number of thioether (sulfide) groups is 1. The summed E-state index contributed by atoms with van der Waals surface area (Å²) < 4.78 is 0. The molecule has 0 spiro atoms. The van der Waals surface area contributed by atoms with E-state index in [2.05, 4.69) is 17.5 Å². The molecule has 1 heterocycles. The maximum absolute atomic E-state index is 9.87. The van der Waals surface area contributed by atoms with Gasteiger partial charge in [0.1, 0.15) is 15.7 Å². The van der Waals surface area contributed by atoms with Gasteiger partial charge < -0.3 is 10.0 Å². The first kappa shape index (κ1) is 15.1. The predicted octanol–water partition coefficient (Wildman–Crippen LogP) is 2.37. The fourth-order valence-corrected chi connectivity index (χ4v) is 4.03. The third-order valence-electron chi connectivity index (χ3n) is 2.89. The molecule has 0 bridgehead atoms. The summed E-state index contributed by atoms with van der Waals surface area (Å²) in [5.41, 5.74) is 0.792. The number of phenolic OH excluding ortho intramolecular Hbond substituents is 1. The van der Waals surface area contributed by atoms with Crippen LogP contribution in [0.4, 0.5) is 0 Å². The number of nitrogens with zero attached hydrogens (tertiary/aromatic N) is 2. The Balaban J connectivity index is 2.14. The summed E-state index contributed by atoms with van der Waals surface area (Å²) >= 11 is 10.6. The molecule has 0 fully saturated rings. The first-order valence-corrected chi connectivity index (χ1v) is 8.13. The highest BCUT2D eigenvalue weighted by Gasteiger charge is 2.33. The van der Waals surface area contributed by atoms with Crippen LogP contribution in [0.25, 0.3) is 0 Å². The van der Waals surface area contributed by atoms with E-state index in [9.17, 15) is 5.11 Å². The molecule has 104 valence electrons. The summed E-state index contributed by atoms with van der Waals surface area (Å²) in [5.74, 6) is 1.91. The first-order chi connectivity index (χ1) is 9.04. The van der Waals surface area contributed by atoms with Crippen molar-refractivity contribution in [2.45, 2.75) is 4.87 Å². The van der Waals surface area contributed by atoms with E-state index in [0.717, 1.165) is 35.2 Å². The smallest absolute Gasteiger partial charge is 0.126 e.